The van der Waals surface area contributed by atoms with Gasteiger partial charge in [-0.1, -0.05) is 45.7 Å². The van der Waals surface area contributed by atoms with Crippen LogP contribution in [0.4, 0.5) is 0 Å². The smallest absolute Gasteiger partial charge is 0.270 e. The van der Waals surface area contributed by atoms with Crippen molar-refractivity contribution in [2.75, 3.05) is 6.54 Å². The minimum absolute atomic E-state index is 0.137. The normalized spacial score (nSPS) is 11.6. The number of amides is 2. The summed E-state index contributed by atoms with van der Waals surface area (Å²) in [5.41, 5.74) is 1.13. The molecular formula is C16H15BrClN3O2. The van der Waals surface area contributed by atoms with Crippen LogP contribution in [0, 0.1) is 0 Å². The largest absolute Gasteiger partial charge is 0.348 e. The van der Waals surface area contributed by atoms with E-state index in [2.05, 4.69) is 31.5 Å². The van der Waals surface area contributed by atoms with Gasteiger partial charge in [-0.3, -0.25) is 14.6 Å². The number of nitrogens with zero attached hydrogens (tertiary/aromatic N) is 1. The molecule has 1 aromatic heterocycles. The Morgan fingerprint density at radius 1 is 1.30 bits per heavy atom. The second-order valence-electron chi connectivity index (χ2n) is 4.85. The Hall–Kier alpha value is -1.92. The number of aromatic nitrogens is 1. The first-order valence-electron chi connectivity index (χ1n) is 6.91. The van der Waals surface area contributed by atoms with Crippen LogP contribution in [-0.4, -0.2) is 23.3 Å². The Morgan fingerprint density at radius 2 is 2.04 bits per heavy atom. The molecule has 1 atom stereocenters. The molecule has 0 aliphatic carbocycles. The molecule has 1 heterocycles. The van der Waals surface area contributed by atoms with Gasteiger partial charge in [0.05, 0.1) is 12.6 Å². The molecule has 0 spiro atoms. The lowest BCUT2D eigenvalue weighted by Gasteiger charge is -2.16. The molecular weight excluding hydrogens is 382 g/mol. The molecule has 0 bridgehead atoms. The average Bonchev–Trinajstić information content (AvgIpc) is 2.53. The Balaban J connectivity index is 1.88. The van der Waals surface area contributed by atoms with Gasteiger partial charge in [0.15, 0.2) is 0 Å². The Bertz CT molecular complexity index is 724. The van der Waals surface area contributed by atoms with Crippen LogP contribution in [0.25, 0.3) is 0 Å². The number of carbonyl (C=O) groups is 2. The van der Waals surface area contributed by atoms with E-state index in [1.165, 1.54) is 12.3 Å². The fourth-order valence-corrected chi connectivity index (χ4v) is 2.76. The quantitative estimate of drug-likeness (QED) is 0.816. The van der Waals surface area contributed by atoms with E-state index >= 15 is 0 Å². The summed E-state index contributed by atoms with van der Waals surface area (Å²) in [7, 11) is 0. The predicted molar refractivity (Wildman–Crippen MR) is 92.3 cm³/mol. The van der Waals surface area contributed by atoms with Gasteiger partial charge in [-0.25, -0.2) is 0 Å². The fourth-order valence-electron chi connectivity index (χ4n) is 1.98. The van der Waals surface area contributed by atoms with E-state index in [-0.39, 0.29) is 24.2 Å². The molecule has 0 radical (unpaired) electrons. The first-order chi connectivity index (χ1) is 11.0. The summed E-state index contributed by atoms with van der Waals surface area (Å²) in [6, 6.07) is 10.5. The summed E-state index contributed by atoms with van der Waals surface area (Å²) < 4.78 is 0.917. The Kier molecular flexibility index (Phi) is 6.12. The van der Waals surface area contributed by atoms with Crippen molar-refractivity contribution in [1.29, 1.82) is 0 Å². The SMILES string of the molecule is CC(NC(=O)CNC(=O)c1cc(Cl)ccn1)c1ccccc1Br. The van der Waals surface area contributed by atoms with Gasteiger partial charge in [0.25, 0.3) is 5.91 Å². The molecule has 2 N–H and O–H groups in total. The third-order valence-electron chi connectivity index (χ3n) is 3.11. The summed E-state index contributed by atoms with van der Waals surface area (Å²) in [6.45, 7) is 1.74. The number of pyridine rings is 1. The highest BCUT2D eigenvalue weighted by atomic mass is 79.9. The van der Waals surface area contributed by atoms with E-state index in [1.54, 1.807) is 6.07 Å². The second-order valence-corrected chi connectivity index (χ2v) is 6.14. The average molecular weight is 397 g/mol. The fraction of sp³-hybridized carbons (Fsp3) is 0.188. The molecule has 7 heteroatoms. The van der Waals surface area contributed by atoms with Gasteiger partial charge in [0, 0.05) is 15.7 Å². The van der Waals surface area contributed by atoms with E-state index in [4.69, 9.17) is 11.6 Å². The summed E-state index contributed by atoms with van der Waals surface area (Å²) in [5, 5.41) is 5.75. The molecule has 0 aliphatic heterocycles. The summed E-state index contributed by atoms with van der Waals surface area (Å²) in [6.07, 6.45) is 1.44. The molecule has 0 aliphatic rings. The molecule has 2 rings (SSSR count). The second kappa shape index (κ2) is 8.08. The molecule has 2 amide bonds. The highest BCUT2D eigenvalue weighted by Gasteiger charge is 2.14. The van der Waals surface area contributed by atoms with E-state index in [0.29, 0.717) is 5.02 Å². The molecule has 0 saturated heterocycles. The van der Waals surface area contributed by atoms with Crippen molar-refractivity contribution in [3.05, 3.63) is 63.3 Å². The van der Waals surface area contributed by atoms with E-state index in [1.807, 2.05) is 31.2 Å². The Labute approximate surface area is 147 Å². The number of hydrogen-bond donors (Lipinski definition) is 2. The standard InChI is InChI=1S/C16H15BrClN3O2/c1-10(12-4-2-3-5-13(12)17)21-15(22)9-20-16(23)14-8-11(18)6-7-19-14/h2-8,10H,9H2,1H3,(H,20,23)(H,21,22). The molecule has 2 aromatic rings. The van der Waals surface area contributed by atoms with Gasteiger partial charge >= 0.3 is 0 Å². The molecule has 23 heavy (non-hydrogen) atoms. The number of hydrogen-bond acceptors (Lipinski definition) is 3. The van der Waals surface area contributed by atoms with Crippen molar-refractivity contribution in [2.45, 2.75) is 13.0 Å². The zero-order valence-corrected chi connectivity index (χ0v) is 14.7. The first-order valence-corrected chi connectivity index (χ1v) is 8.08. The highest BCUT2D eigenvalue weighted by molar-refractivity contribution is 9.10. The first kappa shape index (κ1) is 17.4. The molecule has 5 nitrogen and oxygen atoms in total. The summed E-state index contributed by atoms with van der Waals surface area (Å²) >= 11 is 9.24. The molecule has 0 fully saturated rings. The number of benzene rings is 1. The van der Waals surface area contributed by atoms with Crippen LogP contribution in [0.1, 0.15) is 29.0 Å². The van der Waals surface area contributed by atoms with Crippen molar-refractivity contribution in [3.8, 4) is 0 Å². The van der Waals surface area contributed by atoms with Crippen molar-refractivity contribution < 1.29 is 9.59 Å². The summed E-state index contributed by atoms with van der Waals surface area (Å²) in [5.74, 6) is -0.736. The molecule has 1 aromatic carbocycles. The van der Waals surface area contributed by atoms with Crippen LogP contribution in [0.2, 0.25) is 5.02 Å². The van der Waals surface area contributed by atoms with Gasteiger partial charge in [-0.05, 0) is 30.7 Å². The van der Waals surface area contributed by atoms with Crippen LogP contribution in [0.3, 0.4) is 0 Å². The summed E-state index contributed by atoms with van der Waals surface area (Å²) in [4.78, 5) is 27.7. The minimum Gasteiger partial charge on any atom is -0.348 e. The van der Waals surface area contributed by atoms with Crippen molar-refractivity contribution >= 4 is 39.3 Å². The van der Waals surface area contributed by atoms with Gasteiger partial charge in [0.1, 0.15) is 5.69 Å². The van der Waals surface area contributed by atoms with Crippen LogP contribution in [0.15, 0.2) is 47.1 Å². The molecule has 120 valence electrons. The lowest BCUT2D eigenvalue weighted by atomic mass is 10.1. The lowest BCUT2D eigenvalue weighted by Crippen LogP contribution is -2.38. The zero-order valence-electron chi connectivity index (χ0n) is 12.3. The van der Waals surface area contributed by atoms with Crippen LogP contribution in [0.5, 0.6) is 0 Å². The Morgan fingerprint density at radius 3 is 2.74 bits per heavy atom. The number of nitrogens with one attached hydrogen (secondary N) is 2. The molecule has 1 unspecified atom stereocenters. The van der Waals surface area contributed by atoms with Crippen LogP contribution in [-0.2, 0) is 4.79 Å². The maximum Gasteiger partial charge on any atom is 0.270 e. The van der Waals surface area contributed by atoms with E-state index in [9.17, 15) is 9.59 Å². The van der Waals surface area contributed by atoms with Crippen LogP contribution < -0.4 is 10.6 Å². The zero-order chi connectivity index (χ0) is 16.8. The van der Waals surface area contributed by atoms with E-state index in [0.717, 1.165) is 10.0 Å². The maximum atomic E-state index is 12.0. The highest BCUT2D eigenvalue weighted by Crippen LogP contribution is 2.22. The topological polar surface area (TPSA) is 71.1 Å². The maximum absolute atomic E-state index is 12.0. The number of halogens is 2. The monoisotopic (exact) mass is 395 g/mol. The van der Waals surface area contributed by atoms with Gasteiger partial charge in [-0.2, -0.15) is 0 Å². The number of rotatable bonds is 5. The van der Waals surface area contributed by atoms with Gasteiger partial charge < -0.3 is 10.6 Å². The third kappa shape index (κ3) is 5.04. The lowest BCUT2D eigenvalue weighted by molar-refractivity contribution is -0.120. The van der Waals surface area contributed by atoms with E-state index < -0.39 is 5.91 Å². The molecule has 0 saturated carbocycles. The van der Waals surface area contributed by atoms with Crippen LogP contribution >= 0.6 is 27.5 Å². The van der Waals surface area contributed by atoms with Crippen molar-refractivity contribution in [2.24, 2.45) is 0 Å². The number of carbonyl (C=O) groups excluding carboxylic acids is 2. The van der Waals surface area contributed by atoms with Gasteiger partial charge in [0.2, 0.25) is 5.91 Å². The predicted octanol–water partition coefficient (Wildman–Crippen LogP) is 3.10. The van der Waals surface area contributed by atoms with Gasteiger partial charge in [-0.15, -0.1) is 0 Å². The van der Waals surface area contributed by atoms with Crippen molar-refractivity contribution in [3.63, 3.8) is 0 Å². The minimum atomic E-state index is -0.448. The third-order valence-corrected chi connectivity index (χ3v) is 4.07. The van der Waals surface area contributed by atoms with Crippen molar-refractivity contribution in [1.82, 2.24) is 15.6 Å².